The van der Waals surface area contributed by atoms with Gasteiger partial charge >= 0.3 is 0 Å². The molecule has 1 amide bonds. The van der Waals surface area contributed by atoms with Gasteiger partial charge in [0, 0.05) is 29.4 Å². The van der Waals surface area contributed by atoms with Crippen molar-refractivity contribution in [2.24, 2.45) is 4.99 Å². The highest BCUT2D eigenvalue weighted by atomic mass is 32.2. The second-order valence-electron chi connectivity index (χ2n) is 6.80. The minimum Gasteiger partial charge on any atom is -0.357 e. The van der Waals surface area contributed by atoms with Gasteiger partial charge in [0.05, 0.1) is 13.1 Å². The number of guanidine groups is 1. The van der Waals surface area contributed by atoms with Gasteiger partial charge in [-0.3, -0.25) is 4.79 Å². The Labute approximate surface area is 175 Å². The topological polar surface area (TPSA) is 56.7 Å². The highest BCUT2D eigenvalue weighted by molar-refractivity contribution is 7.98. The summed E-state index contributed by atoms with van der Waals surface area (Å²) in [6.45, 7) is 7.24. The Morgan fingerprint density at radius 2 is 2.18 bits per heavy atom. The summed E-state index contributed by atoms with van der Waals surface area (Å²) in [7, 11) is 0. The maximum Gasteiger partial charge on any atom is 0.242 e. The molecule has 0 bridgehead atoms. The van der Waals surface area contributed by atoms with E-state index in [0.29, 0.717) is 19.0 Å². The quantitative estimate of drug-likeness (QED) is 0.430. The number of carbonyl (C=O) groups excluding carboxylic acids is 1. The zero-order valence-corrected chi connectivity index (χ0v) is 18.4. The number of amides is 1. The van der Waals surface area contributed by atoms with Crippen LogP contribution in [0.2, 0.25) is 0 Å². The molecule has 28 heavy (non-hydrogen) atoms. The third-order valence-electron chi connectivity index (χ3n) is 4.76. The van der Waals surface area contributed by atoms with Crippen LogP contribution in [0.1, 0.15) is 28.5 Å². The highest BCUT2D eigenvalue weighted by Gasteiger charge is 2.21. The monoisotopic (exact) mass is 416 g/mol. The van der Waals surface area contributed by atoms with Gasteiger partial charge in [-0.05, 0) is 60.7 Å². The van der Waals surface area contributed by atoms with Crippen molar-refractivity contribution in [3.63, 3.8) is 0 Å². The molecule has 5 nitrogen and oxygen atoms in total. The molecule has 0 aliphatic carbocycles. The number of hydrogen-bond acceptors (Lipinski definition) is 4. The van der Waals surface area contributed by atoms with Crippen LogP contribution in [0, 0.1) is 6.92 Å². The second-order valence-corrected chi connectivity index (χ2v) is 8.65. The van der Waals surface area contributed by atoms with E-state index in [4.69, 9.17) is 0 Å². The Morgan fingerprint density at radius 3 is 2.96 bits per heavy atom. The maximum atomic E-state index is 12.6. The fraction of sp³-hybridized carbons (Fsp3) is 0.429. The SMILES string of the molecule is CCNC(=NCc1ccc(C)cc1SC)NCC(=O)N1CCc2sccc2C1. The van der Waals surface area contributed by atoms with E-state index in [1.54, 1.807) is 23.1 Å². The first-order valence-corrected chi connectivity index (χ1v) is 11.7. The van der Waals surface area contributed by atoms with E-state index in [0.717, 1.165) is 19.5 Å². The van der Waals surface area contributed by atoms with Crippen LogP contribution < -0.4 is 10.6 Å². The molecule has 1 aliphatic heterocycles. The van der Waals surface area contributed by atoms with Crippen molar-refractivity contribution in [3.05, 3.63) is 51.2 Å². The number of nitrogens with zero attached hydrogens (tertiary/aromatic N) is 2. The molecule has 2 aromatic rings. The first-order chi connectivity index (χ1) is 13.6. The van der Waals surface area contributed by atoms with Gasteiger partial charge < -0.3 is 15.5 Å². The van der Waals surface area contributed by atoms with Crippen LogP contribution in [0.15, 0.2) is 39.5 Å². The van der Waals surface area contributed by atoms with Crippen molar-refractivity contribution in [2.45, 2.75) is 38.3 Å². The summed E-state index contributed by atoms with van der Waals surface area (Å²) in [5.41, 5.74) is 3.74. The lowest BCUT2D eigenvalue weighted by molar-refractivity contribution is -0.130. The Morgan fingerprint density at radius 1 is 1.32 bits per heavy atom. The zero-order chi connectivity index (χ0) is 19.9. The molecule has 150 valence electrons. The second kappa shape index (κ2) is 9.98. The lowest BCUT2D eigenvalue weighted by Crippen LogP contribution is -2.45. The molecule has 0 unspecified atom stereocenters. The van der Waals surface area contributed by atoms with Gasteiger partial charge in [-0.2, -0.15) is 0 Å². The lowest BCUT2D eigenvalue weighted by atomic mass is 10.1. The Balaban J connectivity index is 1.58. The molecule has 0 atom stereocenters. The molecule has 2 N–H and O–H groups in total. The molecule has 2 heterocycles. The minimum atomic E-state index is 0.114. The number of fused-ring (bicyclic) bond motifs is 1. The number of thiophene rings is 1. The Kier molecular flexibility index (Phi) is 7.39. The van der Waals surface area contributed by atoms with Crippen LogP contribution in [-0.4, -0.2) is 42.7 Å². The maximum absolute atomic E-state index is 12.6. The summed E-state index contributed by atoms with van der Waals surface area (Å²) in [5, 5.41) is 8.54. The van der Waals surface area contributed by atoms with Gasteiger partial charge in [-0.25, -0.2) is 4.99 Å². The van der Waals surface area contributed by atoms with Crippen LogP contribution in [-0.2, 0) is 24.3 Å². The predicted molar refractivity (Wildman–Crippen MR) is 119 cm³/mol. The van der Waals surface area contributed by atoms with Crippen molar-refractivity contribution in [2.75, 3.05) is 25.9 Å². The number of rotatable bonds is 6. The van der Waals surface area contributed by atoms with Gasteiger partial charge in [-0.15, -0.1) is 23.1 Å². The molecule has 7 heteroatoms. The third kappa shape index (κ3) is 5.29. The van der Waals surface area contributed by atoms with Crippen LogP contribution >= 0.6 is 23.1 Å². The van der Waals surface area contributed by atoms with Crippen molar-refractivity contribution in [1.82, 2.24) is 15.5 Å². The van der Waals surface area contributed by atoms with Gasteiger partial charge in [0.15, 0.2) is 5.96 Å². The number of nitrogens with one attached hydrogen (secondary N) is 2. The molecule has 1 aromatic heterocycles. The summed E-state index contributed by atoms with van der Waals surface area (Å²) < 4.78 is 0. The molecule has 0 saturated heterocycles. The fourth-order valence-electron chi connectivity index (χ4n) is 3.22. The first kappa shape index (κ1) is 20.7. The van der Waals surface area contributed by atoms with Crippen molar-refractivity contribution >= 4 is 35.0 Å². The molecule has 1 aliphatic rings. The average Bonchev–Trinajstić information content (AvgIpc) is 3.18. The van der Waals surface area contributed by atoms with Gasteiger partial charge in [0.25, 0.3) is 0 Å². The lowest BCUT2D eigenvalue weighted by Gasteiger charge is -2.27. The molecule has 1 aromatic carbocycles. The summed E-state index contributed by atoms with van der Waals surface area (Å²) in [6, 6.07) is 8.56. The van der Waals surface area contributed by atoms with E-state index in [2.05, 4.69) is 58.5 Å². The number of aryl methyl sites for hydroxylation is 1. The molecule has 0 fully saturated rings. The highest BCUT2D eigenvalue weighted by Crippen LogP contribution is 2.24. The smallest absolute Gasteiger partial charge is 0.242 e. The molecular formula is C21H28N4OS2. The Bertz CT molecular complexity index is 847. The molecule has 0 saturated carbocycles. The van der Waals surface area contributed by atoms with E-state index in [1.165, 1.54) is 26.5 Å². The zero-order valence-electron chi connectivity index (χ0n) is 16.7. The fourth-order valence-corrected chi connectivity index (χ4v) is 4.81. The van der Waals surface area contributed by atoms with Crippen LogP contribution in [0.3, 0.4) is 0 Å². The minimum absolute atomic E-state index is 0.114. The van der Waals surface area contributed by atoms with Crippen molar-refractivity contribution in [1.29, 1.82) is 0 Å². The van der Waals surface area contributed by atoms with E-state index in [-0.39, 0.29) is 12.5 Å². The first-order valence-electron chi connectivity index (χ1n) is 9.59. The van der Waals surface area contributed by atoms with Crippen molar-refractivity contribution < 1.29 is 4.79 Å². The summed E-state index contributed by atoms with van der Waals surface area (Å²) in [5.74, 6) is 0.791. The Hall–Kier alpha value is -1.99. The standard InChI is InChI=1S/C21H28N4OS2/c1-4-22-21(23-12-16-6-5-15(2)11-19(16)27-3)24-13-20(26)25-9-7-18-17(14-25)8-10-28-18/h5-6,8,10-11H,4,7,9,12-14H2,1-3H3,(H2,22,23,24). The van der Waals surface area contributed by atoms with Crippen LogP contribution in [0.5, 0.6) is 0 Å². The number of aliphatic imine (C=N–C) groups is 1. The van der Waals surface area contributed by atoms with E-state index in [1.807, 2.05) is 11.8 Å². The molecule has 3 rings (SSSR count). The van der Waals surface area contributed by atoms with E-state index < -0.39 is 0 Å². The number of benzene rings is 1. The number of hydrogen-bond donors (Lipinski definition) is 2. The average molecular weight is 417 g/mol. The van der Waals surface area contributed by atoms with Gasteiger partial charge in [0.2, 0.25) is 5.91 Å². The van der Waals surface area contributed by atoms with Crippen molar-refractivity contribution in [3.8, 4) is 0 Å². The normalized spacial score (nSPS) is 14.0. The predicted octanol–water partition coefficient (Wildman–Crippen LogP) is 3.42. The summed E-state index contributed by atoms with van der Waals surface area (Å²) >= 11 is 3.52. The summed E-state index contributed by atoms with van der Waals surface area (Å²) in [6.07, 6.45) is 3.04. The number of carbonyl (C=O) groups is 1. The van der Waals surface area contributed by atoms with Crippen LogP contribution in [0.25, 0.3) is 0 Å². The third-order valence-corrected chi connectivity index (χ3v) is 6.60. The van der Waals surface area contributed by atoms with Crippen LogP contribution in [0.4, 0.5) is 0 Å². The molecular weight excluding hydrogens is 388 g/mol. The number of thioether (sulfide) groups is 1. The van der Waals surface area contributed by atoms with Gasteiger partial charge in [0.1, 0.15) is 0 Å². The van der Waals surface area contributed by atoms with Gasteiger partial charge in [-0.1, -0.05) is 12.1 Å². The molecule has 0 spiro atoms. The summed E-state index contributed by atoms with van der Waals surface area (Å²) in [4.78, 5) is 21.9. The molecule has 0 radical (unpaired) electrons. The largest absolute Gasteiger partial charge is 0.357 e. The van der Waals surface area contributed by atoms with E-state index >= 15 is 0 Å². The van der Waals surface area contributed by atoms with E-state index in [9.17, 15) is 4.79 Å².